The number of thioether (sulfide) groups is 1. The van der Waals surface area contributed by atoms with Gasteiger partial charge in [0, 0.05) is 13.0 Å². The minimum absolute atomic E-state index is 0.523. The Kier molecular flexibility index (Phi) is 5.54. The van der Waals surface area contributed by atoms with Crippen LogP contribution in [-0.4, -0.2) is 26.9 Å². The second-order valence-electron chi connectivity index (χ2n) is 4.53. The smallest absolute Gasteiger partial charge is 0.237 e. The van der Waals surface area contributed by atoms with Crippen molar-refractivity contribution in [3.63, 3.8) is 0 Å². The van der Waals surface area contributed by atoms with Crippen LogP contribution in [0.3, 0.4) is 0 Å². The number of nitrogens with zero attached hydrogens (tertiary/aromatic N) is 4. The third kappa shape index (κ3) is 4.61. The number of aromatic nitrogens is 4. The van der Waals surface area contributed by atoms with E-state index in [-0.39, 0.29) is 0 Å². The zero-order chi connectivity index (χ0) is 14.4. The molecule has 0 fully saturated rings. The van der Waals surface area contributed by atoms with Crippen LogP contribution in [0.5, 0.6) is 0 Å². The lowest BCUT2D eigenvalue weighted by atomic mass is 10.1. The summed E-state index contributed by atoms with van der Waals surface area (Å²) in [6.07, 6.45) is 2.62. The molecule has 1 N–H and O–H groups in total. The molecule has 6 nitrogen and oxygen atoms in total. The second kappa shape index (κ2) is 7.39. The van der Waals surface area contributed by atoms with Gasteiger partial charge in [-0.3, -0.25) is 0 Å². The van der Waals surface area contributed by atoms with Gasteiger partial charge in [-0.1, -0.05) is 48.2 Å². The van der Waals surface area contributed by atoms with Crippen molar-refractivity contribution in [2.75, 3.05) is 11.9 Å². The first-order chi connectivity index (χ1) is 9.67. The topological polar surface area (TPSA) is 76.7 Å². The Morgan fingerprint density at radius 1 is 1.45 bits per heavy atom. The van der Waals surface area contributed by atoms with Crippen LogP contribution in [-0.2, 0) is 12.2 Å². The molecule has 0 aromatic carbocycles. The Morgan fingerprint density at radius 2 is 2.30 bits per heavy atom. The molecular weight excluding hydrogens is 294 g/mol. The van der Waals surface area contributed by atoms with E-state index in [9.17, 15) is 0 Å². The fourth-order valence-electron chi connectivity index (χ4n) is 1.42. The molecule has 0 unspecified atom stereocenters. The molecule has 0 aliphatic rings. The second-order valence-corrected chi connectivity index (χ2v) is 6.73. The highest BCUT2D eigenvalue weighted by molar-refractivity contribution is 8.00. The molecule has 0 bridgehead atoms. The molecule has 20 heavy (non-hydrogen) atoms. The zero-order valence-electron chi connectivity index (χ0n) is 11.5. The fourth-order valence-corrected chi connectivity index (χ4v) is 3.02. The van der Waals surface area contributed by atoms with E-state index in [4.69, 9.17) is 4.52 Å². The van der Waals surface area contributed by atoms with Crippen LogP contribution in [0.2, 0.25) is 0 Å². The Labute approximate surface area is 126 Å². The maximum absolute atomic E-state index is 5.20. The molecule has 0 aliphatic carbocycles. The fraction of sp³-hybridized carbons (Fsp3) is 0.500. The summed E-state index contributed by atoms with van der Waals surface area (Å²) in [6.45, 7) is 8.58. The molecule has 2 heterocycles. The molecule has 0 radical (unpaired) electrons. The zero-order valence-corrected chi connectivity index (χ0v) is 13.1. The van der Waals surface area contributed by atoms with Gasteiger partial charge in [0.2, 0.25) is 11.0 Å². The molecule has 2 rings (SSSR count). The summed E-state index contributed by atoms with van der Waals surface area (Å²) < 4.78 is 6.08. The summed E-state index contributed by atoms with van der Waals surface area (Å²) in [5, 5.41) is 16.0. The van der Waals surface area contributed by atoms with Crippen molar-refractivity contribution in [1.82, 2.24) is 20.3 Å². The summed E-state index contributed by atoms with van der Waals surface area (Å²) in [7, 11) is 0. The van der Waals surface area contributed by atoms with E-state index in [0.29, 0.717) is 24.1 Å². The van der Waals surface area contributed by atoms with Gasteiger partial charge in [0.15, 0.2) is 10.2 Å². The predicted octanol–water partition coefficient (Wildman–Crippen LogP) is 3.01. The van der Waals surface area contributed by atoms with E-state index in [1.165, 1.54) is 11.3 Å². The first-order valence-corrected chi connectivity index (χ1v) is 8.10. The molecule has 108 valence electrons. The molecule has 0 atom stereocenters. The van der Waals surface area contributed by atoms with Crippen molar-refractivity contribution in [2.24, 2.45) is 5.92 Å². The van der Waals surface area contributed by atoms with Crippen LogP contribution in [0.25, 0.3) is 0 Å². The van der Waals surface area contributed by atoms with Crippen molar-refractivity contribution in [3.05, 3.63) is 24.4 Å². The maximum atomic E-state index is 5.20. The first kappa shape index (κ1) is 15.0. The summed E-state index contributed by atoms with van der Waals surface area (Å²) in [4.78, 5) is 4.35. The number of anilines is 1. The van der Waals surface area contributed by atoms with Crippen molar-refractivity contribution >= 4 is 28.2 Å². The molecule has 0 aliphatic heterocycles. The monoisotopic (exact) mass is 311 g/mol. The summed E-state index contributed by atoms with van der Waals surface area (Å²) in [5.41, 5.74) is 0. The van der Waals surface area contributed by atoms with Crippen LogP contribution in [0, 0.1) is 5.92 Å². The largest absolute Gasteiger partial charge is 0.357 e. The minimum atomic E-state index is 0.523. The highest BCUT2D eigenvalue weighted by atomic mass is 32.2. The molecule has 0 spiro atoms. The maximum Gasteiger partial charge on any atom is 0.237 e. The van der Waals surface area contributed by atoms with Crippen molar-refractivity contribution < 1.29 is 4.52 Å². The summed E-state index contributed by atoms with van der Waals surface area (Å²) in [6, 6.07) is 0. The Balaban J connectivity index is 1.83. The van der Waals surface area contributed by atoms with Gasteiger partial charge in [-0.25, -0.2) is 0 Å². The first-order valence-electron chi connectivity index (χ1n) is 6.30. The lowest BCUT2D eigenvalue weighted by molar-refractivity contribution is 0.382. The lowest BCUT2D eigenvalue weighted by Crippen LogP contribution is -1.96. The third-order valence-corrected chi connectivity index (χ3v) is 4.22. The molecule has 0 saturated heterocycles. The van der Waals surface area contributed by atoms with Gasteiger partial charge >= 0.3 is 0 Å². The van der Waals surface area contributed by atoms with Crippen LogP contribution in [0.4, 0.5) is 5.13 Å². The lowest BCUT2D eigenvalue weighted by Gasteiger charge is -1.96. The number of rotatable bonds is 8. The number of nitrogens with one attached hydrogen (secondary N) is 1. The van der Waals surface area contributed by atoms with E-state index < -0.39 is 0 Å². The van der Waals surface area contributed by atoms with Gasteiger partial charge in [-0.05, 0) is 5.92 Å². The van der Waals surface area contributed by atoms with Crippen LogP contribution in [0.15, 0.2) is 21.5 Å². The van der Waals surface area contributed by atoms with Crippen molar-refractivity contribution in [1.29, 1.82) is 0 Å². The van der Waals surface area contributed by atoms with E-state index in [2.05, 4.69) is 46.1 Å². The number of hydrogen-bond acceptors (Lipinski definition) is 8. The van der Waals surface area contributed by atoms with Crippen molar-refractivity contribution in [2.45, 2.75) is 30.4 Å². The summed E-state index contributed by atoms with van der Waals surface area (Å²) >= 11 is 3.04. The van der Waals surface area contributed by atoms with E-state index in [1.54, 1.807) is 17.8 Å². The Bertz CT molecular complexity index is 552. The quantitative estimate of drug-likeness (QED) is 0.593. The van der Waals surface area contributed by atoms with Gasteiger partial charge in [0.05, 0.1) is 5.75 Å². The molecule has 0 saturated carbocycles. The summed E-state index contributed by atoms with van der Waals surface area (Å²) in [5.74, 6) is 2.53. The average molecular weight is 311 g/mol. The van der Waals surface area contributed by atoms with Gasteiger partial charge < -0.3 is 9.84 Å². The molecule has 8 heteroatoms. The van der Waals surface area contributed by atoms with E-state index in [1.807, 2.05) is 0 Å². The normalized spacial score (nSPS) is 10.9. The average Bonchev–Trinajstić information content (AvgIpc) is 3.02. The number of hydrogen-bond donors (Lipinski definition) is 1. The third-order valence-electron chi connectivity index (χ3n) is 2.22. The van der Waals surface area contributed by atoms with Crippen LogP contribution < -0.4 is 5.32 Å². The molecule has 0 amide bonds. The highest BCUT2D eigenvalue weighted by Gasteiger charge is 2.10. The SMILES string of the molecule is C=CCNc1nnc(SCc2nc(CC(C)C)no2)s1. The molecule has 2 aromatic heterocycles. The van der Waals surface area contributed by atoms with E-state index in [0.717, 1.165) is 21.7 Å². The van der Waals surface area contributed by atoms with Crippen molar-refractivity contribution in [3.8, 4) is 0 Å². The minimum Gasteiger partial charge on any atom is -0.357 e. The van der Waals surface area contributed by atoms with Gasteiger partial charge in [-0.2, -0.15) is 4.98 Å². The standard InChI is InChI=1S/C12H17N5OS2/c1-4-5-13-11-15-16-12(20-11)19-7-10-14-9(17-18-10)6-8(2)3/h4,8H,1,5-7H2,2-3H3,(H,13,15). The molecule has 2 aromatic rings. The van der Waals surface area contributed by atoms with E-state index >= 15 is 0 Å². The highest BCUT2D eigenvalue weighted by Crippen LogP contribution is 2.27. The van der Waals surface area contributed by atoms with Gasteiger partial charge in [0.1, 0.15) is 0 Å². The Hall–Kier alpha value is -1.41. The predicted molar refractivity (Wildman–Crippen MR) is 81.0 cm³/mol. The van der Waals surface area contributed by atoms with Crippen LogP contribution in [0.1, 0.15) is 25.6 Å². The molecular formula is C12H17N5OS2. The van der Waals surface area contributed by atoms with Gasteiger partial charge in [0.25, 0.3) is 0 Å². The van der Waals surface area contributed by atoms with Gasteiger partial charge in [-0.15, -0.1) is 16.8 Å². The van der Waals surface area contributed by atoms with Crippen LogP contribution >= 0.6 is 23.1 Å². The Morgan fingerprint density at radius 3 is 3.05 bits per heavy atom.